The van der Waals surface area contributed by atoms with Crippen LogP contribution in [-0.4, -0.2) is 12.0 Å². The van der Waals surface area contributed by atoms with Gasteiger partial charge in [0.15, 0.2) is 5.75 Å². The van der Waals surface area contributed by atoms with Crippen LogP contribution >= 0.6 is 0 Å². The minimum atomic E-state index is -0.455. The first kappa shape index (κ1) is 13.9. The van der Waals surface area contributed by atoms with E-state index >= 15 is 0 Å². The normalized spacial score (nSPS) is 11.7. The van der Waals surface area contributed by atoms with Crippen LogP contribution in [0.15, 0.2) is 48.5 Å². The van der Waals surface area contributed by atoms with Crippen molar-refractivity contribution < 1.29 is 9.66 Å². The summed E-state index contributed by atoms with van der Waals surface area (Å²) in [7, 11) is 1.42. The Bertz CT molecular complexity index is 599. The first-order chi connectivity index (χ1) is 9.61. The zero-order valence-electron chi connectivity index (χ0n) is 11.4. The average molecular weight is 272 g/mol. The maximum Gasteiger partial charge on any atom is 0.311 e. The van der Waals surface area contributed by atoms with Gasteiger partial charge in [0.2, 0.25) is 0 Å². The van der Waals surface area contributed by atoms with Gasteiger partial charge in [-0.15, -0.1) is 0 Å². The summed E-state index contributed by atoms with van der Waals surface area (Å²) in [5.41, 5.74) is 1.89. The second kappa shape index (κ2) is 6.06. The fourth-order valence-corrected chi connectivity index (χ4v) is 1.99. The molecule has 2 aromatic carbocycles. The van der Waals surface area contributed by atoms with Crippen molar-refractivity contribution in [3.8, 4) is 5.75 Å². The quantitative estimate of drug-likeness (QED) is 0.664. The van der Waals surface area contributed by atoms with Crippen LogP contribution in [0, 0.1) is 10.1 Å². The predicted molar refractivity (Wildman–Crippen MR) is 78.1 cm³/mol. The van der Waals surface area contributed by atoms with Gasteiger partial charge in [-0.05, 0) is 18.6 Å². The lowest BCUT2D eigenvalue weighted by molar-refractivity contribution is -0.385. The number of ether oxygens (including phenoxy) is 1. The van der Waals surface area contributed by atoms with E-state index in [-0.39, 0.29) is 17.5 Å². The molecule has 0 aliphatic heterocycles. The van der Waals surface area contributed by atoms with Gasteiger partial charge >= 0.3 is 5.69 Å². The van der Waals surface area contributed by atoms with E-state index < -0.39 is 4.92 Å². The van der Waals surface area contributed by atoms with Crippen molar-refractivity contribution in [3.05, 3.63) is 64.2 Å². The molecule has 0 aromatic heterocycles. The van der Waals surface area contributed by atoms with Crippen molar-refractivity contribution in [3.63, 3.8) is 0 Å². The maximum atomic E-state index is 10.8. The molecule has 5 heteroatoms. The smallest absolute Gasteiger partial charge is 0.311 e. The molecule has 0 radical (unpaired) electrons. The summed E-state index contributed by atoms with van der Waals surface area (Å²) < 4.78 is 5.05. The topological polar surface area (TPSA) is 64.4 Å². The highest BCUT2D eigenvalue weighted by Crippen LogP contribution is 2.31. The standard InChI is InChI=1S/C15H16N2O3/c1-11(12-6-4-3-5-7-12)16-13-8-9-14(17(18)19)15(10-13)20-2/h3-11,16H,1-2H3. The molecule has 0 heterocycles. The summed E-state index contributed by atoms with van der Waals surface area (Å²) in [5, 5.41) is 14.1. The van der Waals surface area contributed by atoms with Crippen molar-refractivity contribution in [1.29, 1.82) is 0 Å². The van der Waals surface area contributed by atoms with Crippen LogP contribution in [0.4, 0.5) is 11.4 Å². The molecular formula is C15H16N2O3. The fourth-order valence-electron chi connectivity index (χ4n) is 1.99. The van der Waals surface area contributed by atoms with Crippen molar-refractivity contribution in [1.82, 2.24) is 0 Å². The summed E-state index contributed by atoms with van der Waals surface area (Å²) >= 11 is 0. The van der Waals surface area contributed by atoms with Gasteiger partial charge in [0.05, 0.1) is 12.0 Å². The molecule has 1 N–H and O–H groups in total. The molecule has 2 aromatic rings. The third kappa shape index (κ3) is 3.06. The summed E-state index contributed by atoms with van der Waals surface area (Å²) in [6.07, 6.45) is 0. The monoisotopic (exact) mass is 272 g/mol. The Hall–Kier alpha value is -2.56. The van der Waals surface area contributed by atoms with Crippen LogP contribution in [-0.2, 0) is 0 Å². The second-order valence-electron chi connectivity index (χ2n) is 4.42. The molecular weight excluding hydrogens is 256 g/mol. The number of nitro benzene ring substituents is 1. The lowest BCUT2D eigenvalue weighted by Crippen LogP contribution is -2.06. The Morgan fingerprint density at radius 2 is 1.90 bits per heavy atom. The minimum Gasteiger partial charge on any atom is -0.490 e. The Morgan fingerprint density at radius 1 is 1.20 bits per heavy atom. The molecule has 0 fully saturated rings. The number of nitro groups is 1. The van der Waals surface area contributed by atoms with Gasteiger partial charge in [0.25, 0.3) is 0 Å². The molecule has 5 nitrogen and oxygen atoms in total. The van der Waals surface area contributed by atoms with Gasteiger partial charge in [-0.3, -0.25) is 10.1 Å². The highest BCUT2D eigenvalue weighted by atomic mass is 16.6. The summed E-state index contributed by atoms with van der Waals surface area (Å²) in [4.78, 5) is 10.4. The van der Waals surface area contributed by atoms with Crippen LogP contribution < -0.4 is 10.1 Å². The molecule has 1 atom stereocenters. The number of hydrogen-bond donors (Lipinski definition) is 1. The van der Waals surface area contributed by atoms with Crippen LogP contribution in [0.25, 0.3) is 0 Å². The number of nitrogens with one attached hydrogen (secondary N) is 1. The van der Waals surface area contributed by atoms with Crippen molar-refractivity contribution >= 4 is 11.4 Å². The van der Waals surface area contributed by atoms with Gasteiger partial charge in [-0.1, -0.05) is 30.3 Å². The highest BCUT2D eigenvalue weighted by molar-refractivity contribution is 5.58. The molecule has 1 unspecified atom stereocenters. The lowest BCUT2D eigenvalue weighted by Gasteiger charge is -2.16. The third-order valence-corrected chi connectivity index (χ3v) is 3.06. The Labute approximate surface area is 117 Å². The van der Waals surface area contributed by atoms with E-state index in [9.17, 15) is 10.1 Å². The summed E-state index contributed by atoms with van der Waals surface area (Å²) in [6.45, 7) is 2.03. The van der Waals surface area contributed by atoms with Crippen LogP contribution in [0.3, 0.4) is 0 Å². The van der Waals surface area contributed by atoms with Crippen molar-refractivity contribution in [2.24, 2.45) is 0 Å². The minimum absolute atomic E-state index is 0.0367. The number of nitrogens with zero attached hydrogens (tertiary/aromatic N) is 1. The first-order valence-corrected chi connectivity index (χ1v) is 6.25. The first-order valence-electron chi connectivity index (χ1n) is 6.25. The molecule has 0 aliphatic carbocycles. The van der Waals surface area contributed by atoms with E-state index in [1.54, 1.807) is 12.1 Å². The zero-order chi connectivity index (χ0) is 14.5. The van der Waals surface area contributed by atoms with Crippen molar-refractivity contribution in [2.75, 3.05) is 12.4 Å². The molecule has 0 aliphatic rings. The molecule has 0 amide bonds. The van der Waals surface area contributed by atoms with Gasteiger partial charge in [0, 0.05) is 23.9 Å². The zero-order valence-corrected chi connectivity index (χ0v) is 11.4. The van der Waals surface area contributed by atoms with Crippen LogP contribution in [0.1, 0.15) is 18.5 Å². The van der Waals surface area contributed by atoms with Gasteiger partial charge < -0.3 is 10.1 Å². The van der Waals surface area contributed by atoms with Crippen LogP contribution in [0.2, 0.25) is 0 Å². The molecule has 20 heavy (non-hydrogen) atoms. The molecule has 0 bridgehead atoms. The summed E-state index contributed by atoms with van der Waals surface area (Å²) in [5.74, 6) is 0.250. The Morgan fingerprint density at radius 3 is 2.50 bits per heavy atom. The molecule has 0 saturated heterocycles. The van der Waals surface area contributed by atoms with Gasteiger partial charge in [-0.25, -0.2) is 0 Å². The highest BCUT2D eigenvalue weighted by Gasteiger charge is 2.15. The Balaban J connectivity index is 2.20. The Kier molecular flexibility index (Phi) is 4.20. The summed E-state index contributed by atoms with van der Waals surface area (Å²) in [6, 6.07) is 14.8. The molecule has 104 valence electrons. The van der Waals surface area contributed by atoms with Gasteiger partial charge in [-0.2, -0.15) is 0 Å². The van der Waals surface area contributed by atoms with Crippen LogP contribution in [0.5, 0.6) is 5.75 Å². The predicted octanol–water partition coefficient (Wildman–Crippen LogP) is 3.78. The van der Waals surface area contributed by atoms with E-state index in [1.165, 1.54) is 13.2 Å². The van der Waals surface area contributed by atoms with E-state index in [2.05, 4.69) is 5.32 Å². The van der Waals surface area contributed by atoms with Crippen molar-refractivity contribution in [2.45, 2.75) is 13.0 Å². The molecule has 0 spiro atoms. The van der Waals surface area contributed by atoms with E-state index in [1.807, 2.05) is 37.3 Å². The largest absolute Gasteiger partial charge is 0.490 e. The number of benzene rings is 2. The second-order valence-corrected chi connectivity index (χ2v) is 4.42. The fraction of sp³-hybridized carbons (Fsp3) is 0.200. The molecule has 2 rings (SSSR count). The number of methoxy groups -OCH3 is 1. The van der Waals surface area contributed by atoms with E-state index in [4.69, 9.17) is 4.74 Å². The molecule has 0 saturated carbocycles. The SMILES string of the molecule is COc1cc(NC(C)c2ccccc2)ccc1[N+](=O)[O-]. The lowest BCUT2D eigenvalue weighted by atomic mass is 10.1. The van der Waals surface area contributed by atoms with Gasteiger partial charge in [0.1, 0.15) is 0 Å². The number of hydrogen-bond acceptors (Lipinski definition) is 4. The van der Waals surface area contributed by atoms with E-state index in [0.29, 0.717) is 0 Å². The number of rotatable bonds is 5. The number of anilines is 1. The maximum absolute atomic E-state index is 10.8. The van der Waals surface area contributed by atoms with E-state index in [0.717, 1.165) is 11.3 Å². The third-order valence-electron chi connectivity index (χ3n) is 3.06. The average Bonchev–Trinajstić information content (AvgIpc) is 2.47.